The Labute approximate surface area is 147 Å². The van der Waals surface area contributed by atoms with Crippen LogP contribution in [0.2, 0.25) is 0 Å². The number of esters is 1. The quantitative estimate of drug-likeness (QED) is 0.418. The molecule has 1 unspecified atom stereocenters. The van der Waals surface area contributed by atoms with Gasteiger partial charge in [-0.25, -0.2) is 0 Å². The van der Waals surface area contributed by atoms with Crippen LogP contribution in [0.15, 0.2) is 30.3 Å². The van der Waals surface area contributed by atoms with Gasteiger partial charge in [-0.3, -0.25) is 9.69 Å². The van der Waals surface area contributed by atoms with Gasteiger partial charge in [-0.1, -0.05) is 52.9 Å². The Kier molecular flexibility index (Phi) is 5.22. The van der Waals surface area contributed by atoms with E-state index in [0.29, 0.717) is 0 Å². The van der Waals surface area contributed by atoms with Crippen LogP contribution in [0.5, 0.6) is 0 Å². The number of alkyl halides is 1. The van der Waals surface area contributed by atoms with Crippen LogP contribution in [0.25, 0.3) is 0 Å². The SMILES string of the molecule is CN1C(C)(C)CC(OC(=O)C(I)c2ccccc2)CC1(C)C. The number of benzene rings is 1. The highest BCUT2D eigenvalue weighted by molar-refractivity contribution is 14.1. The monoisotopic (exact) mass is 415 g/mol. The van der Waals surface area contributed by atoms with E-state index in [1.165, 1.54) is 0 Å². The molecule has 0 amide bonds. The number of hydrogen-bond acceptors (Lipinski definition) is 3. The van der Waals surface area contributed by atoms with Crippen LogP contribution in [0.4, 0.5) is 0 Å². The molecule has 122 valence electrons. The molecule has 4 heteroatoms. The largest absolute Gasteiger partial charge is 0.461 e. The molecule has 0 saturated carbocycles. The lowest BCUT2D eigenvalue weighted by Crippen LogP contribution is -2.60. The maximum absolute atomic E-state index is 12.5. The van der Waals surface area contributed by atoms with Gasteiger partial charge in [0.05, 0.1) is 0 Å². The Morgan fingerprint density at radius 1 is 1.18 bits per heavy atom. The molecule has 0 N–H and O–H groups in total. The molecule has 1 aromatic rings. The van der Waals surface area contributed by atoms with Crippen molar-refractivity contribution in [2.24, 2.45) is 0 Å². The number of nitrogens with zero attached hydrogens (tertiary/aromatic N) is 1. The summed E-state index contributed by atoms with van der Waals surface area (Å²) < 4.78 is 5.61. The van der Waals surface area contributed by atoms with Crippen molar-refractivity contribution in [2.75, 3.05) is 7.05 Å². The van der Waals surface area contributed by atoms with Gasteiger partial charge in [0.2, 0.25) is 0 Å². The topological polar surface area (TPSA) is 29.5 Å². The summed E-state index contributed by atoms with van der Waals surface area (Å²) >= 11 is 2.17. The molecule has 0 bridgehead atoms. The Balaban J connectivity index is 2.06. The highest BCUT2D eigenvalue weighted by atomic mass is 127. The fraction of sp³-hybridized carbons (Fsp3) is 0.611. The number of ether oxygens (including phenoxy) is 1. The van der Waals surface area contributed by atoms with Crippen molar-refractivity contribution in [3.8, 4) is 0 Å². The molecule has 1 atom stereocenters. The third kappa shape index (κ3) is 3.82. The second-order valence-electron chi connectivity index (χ2n) is 7.42. The minimum Gasteiger partial charge on any atom is -0.461 e. The Morgan fingerprint density at radius 2 is 1.68 bits per heavy atom. The van der Waals surface area contributed by atoms with E-state index in [9.17, 15) is 4.79 Å². The molecular weight excluding hydrogens is 389 g/mol. The zero-order valence-corrected chi connectivity index (χ0v) is 16.3. The number of carbonyl (C=O) groups is 1. The zero-order chi connectivity index (χ0) is 16.5. The van der Waals surface area contributed by atoms with Crippen molar-refractivity contribution in [1.29, 1.82) is 0 Å². The molecule has 0 aromatic heterocycles. The van der Waals surface area contributed by atoms with Gasteiger partial charge in [-0.2, -0.15) is 0 Å². The minimum atomic E-state index is -0.246. The van der Waals surface area contributed by atoms with E-state index >= 15 is 0 Å². The molecule has 1 heterocycles. The highest BCUT2D eigenvalue weighted by Crippen LogP contribution is 2.39. The summed E-state index contributed by atoms with van der Waals surface area (Å²) in [5, 5.41) is 0. The maximum atomic E-state index is 12.5. The predicted octanol–water partition coefficient (Wildman–Crippen LogP) is 4.36. The second-order valence-corrected chi connectivity index (χ2v) is 8.67. The fourth-order valence-electron chi connectivity index (χ4n) is 3.35. The van der Waals surface area contributed by atoms with Crippen LogP contribution in [0.1, 0.15) is 50.0 Å². The first-order valence-corrected chi connectivity index (χ1v) is 9.01. The maximum Gasteiger partial charge on any atom is 0.323 e. The Morgan fingerprint density at radius 3 is 2.18 bits per heavy atom. The molecule has 22 heavy (non-hydrogen) atoms. The lowest BCUT2D eigenvalue weighted by Gasteiger charge is -2.53. The van der Waals surface area contributed by atoms with Crippen LogP contribution in [0, 0.1) is 0 Å². The van der Waals surface area contributed by atoms with Gasteiger partial charge in [0.25, 0.3) is 0 Å². The first kappa shape index (κ1) is 17.7. The summed E-state index contributed by atoms with van der Waals surface area (Å²) in [6.45, 7) is 8.86. The van der Waals surface area contributed by atoms with Crippen molar-refractivity contribution >= 4 is 28.6 Å². The standard InChI is InChI=1S/C18H26INO2/c1-17(2)11-14(12-18(3,4)20(17)5)22-16(21)15(19)13-9-7-6-8-10-13/h6-10,14-15H,11-12H2,1-5H3. The first-order valence-electron chi connectivity index (χ1n) is 7.77. The van der Waals surface area contributed by atoms with E-state index in [1.807, 2.05) is 30.3 Å². The number of hydrogen-bond donors (Lipinski definition) is 0. The van der Waals surface area contributed by atoms with Gasteiger partial charge in [-0.05, 0) is 40.3 Å². The van der Waals surface area contributed by atoms with Crippen molar-refractivity contribution in [2.45, 2.75) is 61.6 Å². The van der Waals surface area contributed by atoms with Crippen LogP contribution in [-0.2, 0) is 9.53 Å². The lowest BCUT2D eigenvalue weighted by molar-refractivity contribution is -0.157. The van der Waals surface area contributed by atoms with Crippen molar-refractivity contribution in [3.05, 3.63) is 35.9 Å². The number of rotatable bonds is 3. The number of halogens is 1. The average Bonchev–Trinajstić information content (AvgIpc) is 2.44. The summed E-state index contributed by atoms with van der Waals surface area (Å²) in [5.74, 6) is -0.132. The smallest absolute Gasteiger partial charge is 0.323 e. The summed E-state index contributed by atoms with van der Waals surface area (Å²) in [5.41, 5.74) is 1.06. The van der Waals surface area contributed by atoms with E-state index in [4.69, 9.17) is 4.74 Å². The summed E-state index contributed by atoms with van der Waals surface area (Å²) in [4.78, 5) is 14.9. The van der Waals surface area contributed by atoms with Crippen LogP contribution < -0.4 is 0 Å². The molecule has 1 fully saturated rings. The molecular formula is C18H26INO2. The second kappa shape index (κ2) is 6.48. The van der Waals surface area contributed by atoms with E-state index < -0.39 is 0 Å². The molecule has 0 aliphatic carbocycles. The Hall–Kier alpha value is -0.620. The van der Waals surface area contributed by atoms with Gasteiger partial charge < -0.3 is 4.74 Å². The molecule has 3 nitrogen and oxygen atoms in total. The number of likely N-dealkylation sites (tertiary alicyclic amines) is 1. The van der Waals surface area contributed by atoms with E-state index in [0.717, 1.165) is 18.4 Å². The van der Waals surface area contributed by atoms with Gasteiger partial charge in [0.15, 0.2) is 0 Å². The van der Waals surface area contributed by atoms with Gasteiger partial charge >= 0.3 is 5.97 Å². The van der Waals surface area contributed by atoms with E-state index in [-0.39, 0.29) is 27.1 Å². The predicted molar refractivity (Wildman–Crippen MR) is 98.2 cm³/mol. The van der Waals surface area contributed by atoms with Crippen molar-refractivity contribution in [1.82, 2.24) is 4.90 Å². The zero-order valence-electron chi connectivity index (χ0n) is 14.1. The molecule has 0 radical (unpaired) electrons. The molecule has 1 aliphatic rings. The Bertz CT molecular complexity index is 509. The molecule has 0 spiro atoms. The third-order valence-corrected chi connectivity index (χ3v) is 6.08. The summed E-state index contributed by atoms with van der Waals surface area (Å²) in [6.07, 6.45) is 1.72. The number of carbonyl (C=O) groups excluding carboxylic acids is 1. The number of piperidine rings is 1. The van der Waals surface area contributed by atoms with Crippen molar-refractivity contribution < 1.29 is 9.53 Å². The van der Waals surface area contributed by atoms with Crippen LogP contribution >= 0.6 is 22.6 Å². The van der Waals surface area contributed by atoms with E-state index in [2.05, 4.69) is 62.2 Å². The lowest BCUT2D eigenvalue weighted by atomic mass is 9.79. The van der Waals surface area contributed by atoms with Crippen molar-refractivity contribution in [3.63, 3.8) is 0 Å². The van der Waals surface area contributed by atoms with Gasteiger partial charge in [0.1, 0.15) is 10.0 Å². The summed E-state index contributed by atoms with van der Waals surface area (Å²) in [6, 6.07) is 9.81. The fourth-order valence-corrected chi connectivity index (χ4v) is 3.91. The van der Waals surface area contributed by atoms with Crippen LogP contribution in [0.3, 0.4) is 0 Å². The molecule has 2 rings (SSSR count). The highest BCUT2D eigenvalue weighted by Gasteiger charge is 2.44. The third-order valence-electron chi connectivity index (χ3n) is 4.85. The molecule has 1 saturated heterocycles. The average molecular weight is 415 g/mol. The summed E-state index contributed by atoms with van der Waals surface area (Å²) in [7, 11) is 2.16. The first-order chi connectivity index (χ1) is 10.1. The normalized spacial score (nSPS) is 23.0. The molecule has 1 aromatic carbocycles. The minimum absolute atomic E-state index is 0.0188. The van der Waals surface area contributed by atoms with Gasteiger partial charge in [-0.15, -0.1) is 0 Å². The van der Waals surface area contributed by atoms with Gasteiger partial charge in [0, 0.05) is 23.9 Å². The van der Waals surface area contributed by atoms with Crippen LogP contribution in [-0.4, -0.2) is 35.1 Å². The van der Waals surface area contributed by atoms with E-state index in [1.54, 1.807) is 0 Å². The molecule has 1 aliphatic heterocycles.